The Hall–Kier alpha value is -2.45. The minimum atomic E-state index is -3.91. The summed E-state index contributed by atoms with van der Waals surface area (Å²) in [5.74, 6) is -0.771. The van der Waals surface area contributed by atoms with E-state index in [0.717, 1.165) is 11.6 Å². The van der Waals surface area contributed by atoms with E-state index in [2.05, 4.69) is 5.32 Å². The van der Waals surface area contributed by atoms with E-state index in [4.69, 9.17) is 0 Å². The van der Waals surface area contributed by atoms with Crippen molar-refractivity contribution in [1.29, 1.82) is 0 Å². The average Bonchev–Trinajstić information content (AvgIpc) is 2.62. The number of sulfonamides is 1. The topological polar surface area (TPSA) is 69.7 Å². The molecule has 2 aromatic rings. The molecule has 0 atom stereocenters. The quantitative estimate of drug-likeness (QED) is 0.894. The molecule has 0 bridgehead atoms. The third-order valence-corrected chi connectivity index (χ3v) is 6.18. The Morgan fingerprint density at radius 2 is 1.73 bits per heavy atom. The van der Waals surface area contributed by atoms with E-state index in [-0.39, 0.29) is 37.1 Å². The van der Waals surface area contributed by atoms with Gasteiger partial charge in [-0.1, -0.05) is 24.3 Å². The third-order valence-electron chi connectivity index (χ3n) is 4.25. The van der Waals surface area contributed by atoms with Crippen molar-refractivity contribution in [2.24, 2.45) is 0 Å². The van der Waals surface area contributed by atoms with Crippen LogP contribution in [0.25, 0.3) is 0 Å². The molecule has 8 heteroatoms. The first-order valence-electron chi connectivity index (χ1n) is 8.25. The van der Waals surface area contributed by atoms with Crippen LogP contribution in [0, 0.1) is 12.7 Å². The zero-order valence-corrected chi connectivity index (χ0v) is 15.2. The van der Waals surface area contributed by atoms with Gasteiger partial charge in [-0.15, -0.1) is 0 Å². The molecule has 0 aliphatic carbocycles. The zero-order valence-electron chi connectivity index (χ0n) is 14.4. The summed E-state index contributed by atoms with van der Waals surface area (Å²) < 4.78 is 40.2. The monoisotopic (exact) mass is 377 g/mol. The summed E-state index contributed by atoms with van der Waals surface area (Å²) in [6, 6.07) is 12.5. The van der Waals surface area contributed by atoms with E-state index in [1.807, 2.05) is 25.1 Å². The number of piperazine rings is 1. The van der Waals surface area contributed by atoms with Crippen LogP contribution in [-0.4, -0.2) is 49.8 Å². The molecular formula is C18H20FN3O3S. The Balaban J connectivity index is 1.64. The van der Waals surface area contributed by atoms with E-state index < -0.39 is 15.8 Å². The smallest absolute Gasteiger partial charge is 0.321 e. The Morgan fingerprint density at radius 1 is 1.04 bits per heavy atom. The molecule has 0 radical (unpaired) electrons. The van der Waals surface area contributed by atoms with Gasteiger partial charge in [-0.3, -0.25) is 0 Å². The van der Waals surface area contributed by atoms with Gasteiger partial charge >= 0.3 is 6.03 Å². The van der Waals surface area contributed by atoms with Gasteiger partial charge in [0.1, 0.15) is 10.7 Å². The molecule has 0 spiro atoms. The second kappa shape index (κ2) is 7.43. The number of carbonyl (C=O) groups excluding carboxylic acids is 1. The highest BCUT2D eigenvalue weighted by Gasteiger charge is 2.31. The maximum Gasteiger partial charge on any atom is 0.321 e. The third kappa shape index (κ3) is 3.86. The number of amides is 2. The van der Waals surface area contributed by atoms with Gasteiger partial charge in [-0.2, -0.15) is 4.31 Å². The normalized spacial score (nSPS) is 15.7. The van der Waals surface area contributed by atoms with Crippen LogP contribution in [0.2, 0.25) is 0 Å². The van der Waals surface area contributed by atoms with Crippen molar-refractivity contribution in [3.05, 3.63) is 59.9 Å². The van der Waals surface area contributed by atoms with Gasteiger partial charge in [0.15, 0.2) is 0 Å². The Bertz CT molecular complexity index is 909. The SMILES string of the molecule is Cc1cccc(NC(=O)N2CCN(S(=O)(=O)c3ccccc3F)CC2)c1. The highest BCUT2D eigenvalue weighted by molar-refractivity contribution is 7.89. The van der Waals surface area contributed by atoms with Crippen LogP contribution in [0.4, 0.5) is 14.9 Å². The molecular weight excluding hydrogens is 357 g/mol. The van der Waals surface area contributed by atoms with Crippen LogP contribution >= 0.6 is 0 Å². The number of halogens is 1. The van der Waals surface area contributed by atoms with E-state index in [1.54, 1.807) is 11.0 Å². The van der Waals surface area contributed by atoms with Crippen molar-refractivity contribution in [3.63, 3.8) is 0 Å². The number of nitrogens with one attached hydrogen (secondary N) is 1. The number of carbonyl (C=O) groups is 1. The highest BCUT2D eigenvalue weighted by atomic mass is 32.2. The number of hydrogen-bond donors (Lipinski definition) is 1. The summed E-state index contributed by atoms with van der Waals surface area (Å²) in [6.07, 6.45) is 0. The molecule has 1 aliphatic rings. The molecule has 1 saturated heterocycles. The molecule has 138 valence electrons. The standard InChI is InChI=1S/C18H20FN3O3S/c1-14-5-4-6-15(13-14)20-18(23)21-9-11-22(12-10-21)26(24,25)17-8-3-2-7-16(17)19/h2-8,13H,9-12H2,1H3,(H,20,23). The van der Waals surface area contributed by atoms with Crippen molar-refractivity contribution in [1.82, 2.24) is 9.21 Å². The van der Waals surface area contributed by atoms with Crippen LogP contribution < -0.4 is 5.32 Å². The Kier molecular flexibility index (Phi) is 5.24. The Morgan fingerprint density at radius 3 is 2.38 bits per heavy atom. The van der Waals surface area contributed by atoms with E-state index in [1.165, 1.54) is 22.5 Å². The van der Waals surface area contributed by atoms with Crippen molar-refractivity contribution < 1.29 is 17.6 Å². The number of anilines is 1. The predicted octanol–water partition coefficient (Wildman–Crippen LogP) is 2.67. The average molecular weight is 377 g/mol. The van der Waals surface area contributed by atoms with Gasteiger partial charge in [0.05, 0.1) is 0 Å². The molecule has 0 unspecified atom stereocenters. The van der Waals surface area contributed by atoms with Gasteiger partial charge in [0.25, 0.3) is 0 Å². The lowest BCUT2D eigenvalue weighted by Gasteiger charge is -2.34. The van der Waals surface area contributed by atoms with Crippen LogP contribution in [0.5, 0.6) is 0 Å². The number of urea groups is 1. The van der Waals surface area contributed by atoms with Crippen LogP contribution in [0.3, 0.4) is 0 Å². The summed E-state index contributed by atoms with van der Waals surface area (Å²) in [5, 5.41) is 2.81. The number of aryl methyl sites for hydroxylation is 1. The molecule has 0 saturated carbocycles. The largest absolute Gasteiger partial charge is 0.322 e. The molecule has 3 rings (SSSR count). The summed E-state index contributed by atoms with van der Waals surface area (Å²) >= 11 is 0. The fraction of sp³-hybridized carbons (Fsp3) is 0.278. The molecule has 2 amide bonds. The molecule has 2 aromatic carbocycles. The van der Waals surface area contributed by atoms with Crippen LogP contribution in [0.1, 0.15) is 5.56 Å². The summed E-state index contributed by atoms with van der Waals surface area (Å²) in [5.41, 5.74) is 1.72. The number of rotatable bonds is 3. The first-order valence-corrected chi connectivity index (χ1v) is 9.69. The first kappa shape index (κ1) is 18.3. The lowest BCUT2D eigenvalue weighted by atomic mass is 10.2. The van der Waals surface area contributed by atoms with Gasteiger partial charge in [-0.25, -0.2) is 17.6 Å². The maximum absolute atomic E-state index is 13.8. The molecule has 6 nitrogen and oxygen atoms in total. The molecule has 1 N–H and O–H groups in total. The van der Waals surface area contributed by atoms with Crippen LogP contribution in [0.15, 0.2) is 53.4 Å². The van der Waals surface area contributed by atoms with E-state index >= 15 is 0 Å². The Labute approximate surface area is 152 Å². The van der Waals surface area contributed by atoms with Gasteiger partial charge in [0, 0.05) is 31.9 Å². The summed E-state index contributed by atoms with van der Waals surface area (Å²) in [7, 11) is -3.91. The molecule has 1 aliphatic heterocycles. The summed E-state index contributed by atoms with van der Waals surface area (Å²) in [6.45, 7) is 2.66. The first-order chi connectivity index (χ1) is 12.4. The van der Waals surface area contributed by atoms with E-state index in [0.29, 0.717) is 5.69 Å². The molecule has 26 heavy (non-hydrogen) atoms. The lowest BCUT2D eigenvalue weighted by Crippen LogP contribution is -2.51. The van der Waals surface area contributed by atoms with Gasteiger partial charge in [0.2, 0.25) is 10.0 Å². The molecule has 1 fully saturated rings. The van der Waals surface area contributed by atoms with Crippen molar-refractivity contribution in [2.75, 3.05) is 31.5 Å². The van der Waals surface area contributed by atoms with Crippen molar-refractivity contribution >= 4 is 21.7 Å². The second-order valence-corrected chi connectivity index (χ2v) is 8.03. The van der Waals surface area contributed by atoms with Crippen molar-refractivity contribution in [2.45, 2.75) is 11.8 Å². The summed E-state index contributed by atoms with van der Waals surface area (Å²) in [4.78, 5) is 13.6. The second-order valence-electron chi connectivity index (χ2n) is 6.12. The van der Waals surface area contributed by atoms with Gasteiger partial charge in [-0.05, 0) is 36.8 Å². The fourth-order valence-electron chi connectivity index (χ4n) is 2.85. The predicted molar refractivity (Wildman–Crippen MR) is 96.9 cm³/mol. The van der Waals surface area contributed by atoms with Crippen LogP contribution in [-0.2, 0) is 10.0 Å². The number of hydrogen-bond acceptors (Lipinski definition) is 3. The van der Waals surface area contributed by atoms with Crippen molar-refractivity contribution in [3.8, 4) is 0 Å². The lowest BCUT2D eigenvalue weighted by molar-refractivity contribution is 0.184. The minimum Gasteiger partial charge on any atom is -0.322 e. The maximum atomic E-state index is 13.8. The van der Waals surface area contributed by atoms with Gasteiger partial charge < -0.3 is 10.2 Å². The number of benzene rings is 2. The van der Waals surface area contributed by atoms with E-state index in [9.17, 15) is 17.6 Å². The number of nitrogens with zero attached hydrogens (tertiary/aromatic N) is 2. The highest BCUT2D eigenvalue weighted by Crippen LogP contribution is 2.20. The molecule has 0 aromatic heterocycles. The minimum absolute atomic E-state index is 0.123. The molecule has 1 heterocycles. The fourth-order valence-corrected chi connectivity index (χ4v) is 4.34. The zero-order chi connectivity index (χ0) is 18.7.